The molecule has 3 saturated heterocycles. The van der Waals surface area contributed by atoms with Crippen LogP contribution in [-0.2, 0) is 4.74 Å². The van der Waals surface area contributed by atoms with E-state index in [2.05, 4.69) is 4.90 Å². The van der Waals surface area contributed by atoms with Crippen molar-refractivity contribution in [2.45, 2.75) is 37.3 Å². The molecule has 3 aliphatic rings. The van der Waals surface area contributed by atoms with E-state index in [0.29, 0.717) is 18.6 Å². The van der Waals surface area contributed by atoms with Crippen LogP contribution in [0.2, 0.25) is 0 Å². The standard InChI is InChI=1S/C11H19NO2/c13-8-11-3-1-4-12(11)10-2-5-14-7-9(10)6-11/h9-10,13H,1-8H2/t9?,10?,11-/m0/s1. The number of hydrogen-bond acceptors (Lipinski definition) is 3. The van der Waals surface area contributed by atoms with Gasteiger partial charge in [-0.25, -0.2) is 0 Å². The Morgan fingerprint density at radius 3 is 3.29 bits per heavy atom. The lowest BCUT2D eigenvalue weighted by atomic mass is 9.88. The molecule has 3 rings (SSSR count). The van der Waals surface area contributed by atoms with Gasteiger partial charge >= 0.3 is 0 Å². The van der Waals surface area contributed by atoms with Gasteiger partial charge in [0, 0.05) is 18.2 Å². The Labute approximate surface area is 85.0 Å². The summed E-state index contributed by atoms with van der Waals surface area (Å²) in [6.45, 7) is 3.38. The molecule has 0 bridgehead atoms. The van der Waals surface area contributed by atoms with Crippen molar-refractivity contribution in [1.82, 2.24) is 4.90 Å². The van der Waals surface area contributed by atoms with Crippen molar-refractivity contribution >= 4 is 0 Å². The first-order valence-corrected chi connectivity index (χ1v) is 5.81. The first kappa shape index (κ1) is 9.13. The molecule has 80 valence electrons. The molecule has 0 amide bonds. The Morgan fingerprint density at radius 1 is 1.50 bits per heavy atom. The molecule has 3 atom stereocenters. The molecule has 0 aromatic carbocycles. The zero-order valence-corrected chi connectivity index (χ0v) is 8.61. The minimum Gasteiger partial charge on any atom is -0.394 e. The average molecular weight is 197 g/mol. The molecule has 0 aliphatic carbocycles. The van der Waals surface area contributed by atoms with Crippen LogP contribution in [-0.4, -0.2) is 48.0 Å². The van der Waals surface area contributed by atoms with Gasteiger partial charge in [-0.2, -0.15) is 0 Å². The van der Waals surface area contributed by atoms with Crippen molar-refractivity contribution in [3.05, 3.63) is 0 Å². The predicted octanol–water partition coefficient (Wildman–Crippen LogP) is 0.622. The molecular formula is C11H19NO2. The summed E-state index contributed by atoms with van der Waals surface area (Å²) in [4.78, 5) is 2.58. The van der Waals surface area contributed by atoms with Crippen molar-refractivity contribution in [3.63, 3.8) is 0 Å². The summed E-state index contributed by atoms with van der Waals surface area (Å²) in [6, 6.07) is 0.707. The van der Waals surface area contributed by atoms with Gasteiger partial charge in [-0.15, -0.1) is 0 Å². The lowest BCUT2D eigenvalue weighted by Gasteiger charge is -2.34. The first-order valence-electron chi connectivity index (χ1n) is 5.81. The summed E-state index contributed by atoms with van der Waals surface area (Å²) in [7, 11) is 0. The Morgan fingerprint density at radius 2 is 2.43 bits per heavy atom. The highest BCUT2D eigenvalue weighted by Crippen LogP contribution is 2.47. The molecule has 0 radical (unpaired) electrons. The number of hydrogen-bond donors (Lipinski definition) is 1. The maximum absolute atomic E-state index is 9.59. The second-order valence-corrected chi connectivity index (χ2v) is 5.07. The number of rotatable bonds is 1. The number of aliphatic hydroxyl groups excluding tert-OH is 1. The fraction of sp³-hybridized carbons (Fsp3) is 1.00. The van der Waals surface area contributed by atoms with Gasteiger partial charge in [-0.05, 0) is 38.1 Å². The van der Waals surface area contributed by atoms with E-state index in [9.17, 15) is 5.11 Å². The van der Waals surface area contributed by atoms with Gasteiger partial charge < -0.3 is 9.84 Å². The zero-order valence-electron chi connectivity index (χ0n) is 8.61. The highest BCUT2D eigenvalue weighted by molar-refractivity contribution is 5.08. The summed E-state index contributed by atoms with van der Waals surface area (Å²) >= 11 is 0. The fourth-order valence-electron chi connectivity index (χ4n) is 3.81. The van der Waals surface area contributed by atoms with Crippen LogP contribution in [0.25, 0.3) is 0 Å². The van der Waals surface area contributed by atoms with Crippen molar-refractivity contribution in [2.24, 2.45) is 5.92 Å². The van der Waals surface area contributed by atoms with Crippen molar-refractivity contribution in [1.29, 1.82) is 0 Å². The average Bonchev–Trinajstić information content (AvgIpc) is 2.73. The van der Waals surface area contributed by atoms with E-state index >= 15 is 0 Å². The Balaban J connectivity index is 1.86. The van der Waals surface area contributed by atoms with Crippen LogP contribution in [0.1, 0.15) is 25.7 Å². The second kappa shape index (κ2) is 3.19. The summed E-state index contributed by atoms with van der Waals surface area (Å²) in [5.74, 6) is 0.691. The van der Waals surface area contributed by atoms with E-state index in [0.717, 1.165) is 19.6 Å². The van der Waals surface area contributed by atoms with Crippen LogP contribution in [0.3, 0.4) is 0 Å². The Kier molecular flexibility index (Phi) is 2.08. The second-order valence-electron chi connectivity index (χ2n) is 5.07. The van der Waals surface area contributed by atoms with E-state index in [1.807, 2.05) is 0 Å². The molecule has 0 aromatic rings. The van der Waals surface area contributed by atoms with Gasteiger partial charge in [0.2, 0.25) is 0 Å². The molecule has 3 heteroatoms. The SMILES string of the molecule is OC[C@@]12CCCN1C1CCOCC1C2. The Bertz CT molecular complexity index is 233. The largest absolute Gasteiger partial charge is 0.394 e. The van der Waals surface area contributed by atoms with E-state index < -0.39 is 0 Å². The Hall–Kier alpha value is -0.120. The highest BCUT2D eigenvalue weighted by Gasteiger charge is 2.53. The zero-order chi connectivity index (χ0) is 9.60. The molecule has 1 N–H and O–H groups in total. The van der Waals surface area contributed by atoms with Gasteiger partial charge in [0.1, 0.15) is 0 Å². The van der Waals surface area contributed by atoms with Crippen LogP contribution in [0.5, 0.6) is 0 Å². The minimum atomic E-state index is 0.142. The van der Waals surface area contributed by atoms with Gasteiger partial charge in [0.15, 0.2) is 0 Å². The number of fused-ring (bicyclic) bond motifs is 3. The minimum absolute atomic E-state index is 0.142. The molecule has 3 aliphatic heterocycles. The van der Waals surface area contributed by atoms with E-state index in [4.69, 9.17) is 4.74 Å². The summed E-state index contributed by atoms with van der Waals surface area (Å²) in [6.07, 6.45) is 4.79. The highest BCUT2D eigenvalue weighted by atomic mass is 16.5. The monoisotopic (exact) mass is 197 g/mol. The van der Waals surface area contributed by atoms with Gasteiger partial charge in [-0.3, -0.25) is 4.90 Å². The molecule has 3 nitrogen and oxygen atoms in total. The summed E-state index contributed by atoms with van der Waals surface area (Å²) < 4.78 is 5.53. The van der Waals surface area contributed by atoms with Crippen molar-refractivity contribution in [2.75, 3.05) is 26.4 Å². The van der Waals surface area contributed by atoms with E-state index in [1.165, 1.54) is 25.8 Å². The molecular weight excluding hydrogens is 178 g/mol. The molecule has 14 heavy (non-hydrogen) atoms. The van der Waals surface area contributed by atoms with E-state index in [1.54, 1.807) is 0 Å². The summed E-state index contributed by atoms with van der Waals surface area (Å²) in [5, 5.41) is 9.59. The molecule has 3 fully saturated rings. The molecule has 0 aromatic heterocycles. The quantitative estimate of drug-likeness (QED) is 0.669. The fourth-order valence-corrected chi connectivity index (χ4v) is 3.81. The maximum atomic E-state index is 9.59. The molecule has 2 unspecified atom stereocenters. The van der Waals surface area contributed by atoms with E-state index in [-0.39, 0.29) is 5.54 Å². The van der Waals surface area contributed by atoms with Gasteiger partial charge in [0.25, 0.3) is 0 Å². The van der Waals surface area contributed by atoms with Crippen LogP contribution >= 0.6 is 0 Å². The topological polar surface area (TPSA) is 32.7 Å². The van der Waals surface area contributed by atoms with Gasteiger partial charge in [0.05, 0.1) is 13.2 Å². The lowest BCUT2D eigenvalue weighted by molar-refractivity contribution is 0.0143. The predicted molar refractivity (Wildman–Crippen MR) is 53.1 cm³/mol. The van der Waals surface area contributed by atoms with Crippen molar-refractivity contribution < 1.29 is 9.84 Å². The number of nitrogens with zero attached hydrogens (tertiary/aromatic N) is 1. The molecule has 0 saturated carbocycles. The molecule has 0 spiro atoms. The van der Waals surface area contributed by atoms with Crippen molar-refractivity contribution in [3.8, 4) is 0 Å². The smallest absolute Gasteiger partial charge is 0.0615 e. The summed E-state index contributed by atoms with van der Waals surface area (Å²) in [5.41, 5.74) is 0.142. The first-order chi connectivity index (χ1) is 6.86. The number of ether oxygens (including phenoxy) is 1. The number of aliphatic hydroxyl groups is 1. The molecule has 3 heterocycles. The van der Waals surface area contributed by atoms with Crippen LogP contribution in [0.4, 0.5) is 0 Å². The third-order valence-electron chi connectivity index (χ3n) is 4.42. The van der Waals surface area contributed by atoms with Crippen LogP contribution in [0, 0.1) is 5.92 Å². The maximum Gasteiger partial charge on any atom is 0.0615 e. The van der Waals surface area contributed by atoms with Crippen LogP contribution in [0.15, 0.2) is 0 Å². The third kappa shape index (κ3) is 1.09. The lowest BCUT2D eigenvalue weighted by Crippen LogP contribution is -2.46. The van der Waals surface area contributed by atoms with Gasteiger partial charge in [-0.1, -0.05) is 0 Å². The van der Waals surface area contributed by atoms with Crippen LogP contribution < -0.4 is 0 Å². The normalized spacial score (nSPS) is 47.8. The third-order valence-corrected chi connectivity index (χ3v) is 4.42.